The van der Waals surface area contributed by atoms with Gasteiger partial charge in [-0.3, -0.25) is 13.8 Å². The van der Waals surface area contributed by atoms with Gasteiger partial charge in [0.1, 0.15) is 0 Å². The summed E-state index contributed by atoms with van der Waals surface area (Å²) in [5.41, 5.74) is 2.60. The van der Waals surface area contributed by atoms with Gasteiger partial charge in [0.05, 0.1) is 18.3 Å². The lowest BCUT2D eigenvalue weighted by molar-refractivity contribution is -0.183. The second kappa shape index (κ2) is 13.2. The summed E-state index contributed by atoms with van der Waals surface area (Å²) in [7, 11) is -3.51. The predicted octanol–water partition coefficient (Wildman–Crippen LogP) is 6.75. The van der Waals surface area contributed by atoms with Gasteiger partial charge in [0.25, 0.3) is 16.0 Å². The van der Waals surface area contributed by atoms with Crippen LogP contribution in [-0.2, 0) is 25.5 Å². The third-order valence-corrected chi connectivity index (χ3v) is 10.3. The lowest BCUT2D eigenvalue weighted by Gasteiger charge is -2.34. The molecule has 240 valence electrons. The van der Waals surface area contributed by atoms with Crippen LogP contribution in [0, 0.1) is 11.8 Å². The Balaban J connectivity index is 1.19. The van der Waals surface area contributed by atoms with Crippen molar-refractivity contribution in [2.75, 3.05) is 25.9 Å². The molecule has 2 saturated heterocycles. The lowest BCUT2D eigenvalue weighted by atomic mass is 9.92. The SMILES string of the molecule is CS(=O)(=O)OC1CCC(N2CCC(Cc3c(Cl)cc(-c4ccc(C(=O)N5CCC(C(F)(F)F)CC5)cc4)cc3Cl)C2=O)CC1. The van der Waals surface area contributed by atoms with Crippen molar-refractivity contribution in [2.24, 2.45) is 11.8 Å². The van der Waals surface area contributed by atoms with E-state index in [1.165, 1.54) is 4.90 Å². The van der Waals surface area contributed by atoms with Crippen molar-refractivity contribution in [3.8, 4) is 11.1 Å². The molecule has 0 aromatic heterocycles. The number of alkyl halides is 3. The van der Waals surface area contributed by atoms with Crippen LogP contribution in [0.1, 0.15) is 60.9 Å². The number of halogens is 5. The maximum absolute atomic E-state index is 13.3. The molecule has 5 rings (SSSR count). The summed E-state index contributed by atoms with van der Waals surface area (Å²) in [6.07, 6.45) is -0.0827. The number of nitrogens with zero attached hydrogens (tertiary/aromatic N) is 2. The highest BCUT2D eigenvalue weighted by atomic mass is 35.5. The van der Waals surface area contributed by atoms with Gasteiger partial charge in [-0.05, 0) is 92.3 Å². The van der Waals surface area contributed by atoms with Crippen molar-refractivity contribution in [3.05, 3.63) is 57.6 Å². The monoisotopic (exact) mass is 674 g/mol. The highest BCUT2D eigenvalue weighted by Crippen LogP contribution is 2.38. The maximum atomic E-state index is 13.3. The van der Waals surface area contributed by atoms with Gasteiger partial charge >= 0.3 is 6.18 Å². The van der Waals surface area contributed by atoms with Crippen LogP contribution in [0.5, 0.6) is 0 Å². The van der Waals surface area contributed by atoms with E-state index in [0.717, 1.165) is 17.4 Å². The summed E-state index contributed by atoms with van der Waals surface area (Å²) >= 11 is 13.4. The minimum absolute atomic E-state index is 0.0524. The molecule has 13 heteroatoms. The fourth-order valence-electron chi connectivity index (χ4n) is 6.62. The van der Waals surface area contributed by atoms with Gasteiger partial charge in [-0.25, -0.2) is 0 Å². The molecule has 0 bridgehead atoms. The highest BCUT2D eigenvalue weighted by Gasteiger charge is 2.42. The second-order valence-electron chi connectivity index (χ2n) is 12.1. The van der Waals surface area contributed by atoms with E-state index in [1.54, 1.807) is 36.4 Å². The maximum Gasteiger partial charge on any atom is 0.391 e. The van der Waals surface area contributed by atoms with Gasteiger partial charge in [-0.15, -0.1) is 0 Å². The quantitative estimate of drug-likeness (QED) is 0.303. The van der Waals surface area contributed by atoms with Crippen LogP contribution in [-0.4, -0.2) is 74.2 Å². The zero-order valence-corrected chi connectivity index (χ0v) is 26.6. The summed E-state index contributed by atoms with van der Waals surface area (Å²) < 4.78 is 66.9. The van der Waals surface area contributed by atoms with Gasteiger partial charge in [-0.2, -0.15) is 21.6 Å². The molecule has 0 spiro atoms. The molecule has 0 N–H and O–H groups in total. The Morgan fingerprint density at radius 3 is 2.05 bits per heavy atom. The first-order chi connectivity index (χ1) is 20.7. The van der Waals surface area contributed by atoms with E-state index in [1.807, 2.05) is 4.90 Å². The molecule has 2 amide bonds. The van der Waals surface area contributed by atoms with Crippen molar-refractivity contribution in [1.29, 1.82) is 0 Å². The summed E-state index contributed by atoms with van der Waals surface area (Å²) in [5, 5.41) is 0.870. The van der Waals surface area contributed by atoms with Gasteiger partial charge in [-0.1, -0.05) is 35.3 Å². The number of likely N-dealkylation sites (tertiary alicyclic amines) is 2. The number of benzene rings is 2. The average Bonchev–Trinajstić information content (AvgIpc) is 3.33. The van der Waals surface area contributed by atoms with Gasteiger partial charge in [0.15, 0.2) is 0 Å². The Hall–Kier alpha value is -2.34. The first-order valence-electron chi connectivity index (χ1n) is 14.8. The van der Waals surface area contributed by atoms with Crippen LogP contribution in [0.3, 0.4) is 0 Å². The van der Waals surface area contributed by atoms with Crippen molar-refractivity contribution >= 4 is 45.1 Å². The Morgan fingerprint density at radius 1 is 0.909 bits per heavy atom. The molecule has 2 aromatic rings. The number of carbonyl (C=O) groups is 2. The molecule has 1 unspecified atom stereocenters. The van der Waals surface area contributed by atoms with E-state index in [2.05, 4.69) is 0 Å². The summed E-state index contributed by atoms with van der Waals surface area (Å²) in [6, 6.07) is 10.4. The number of hydrogen-bond acceptors (Lipinski definition) is 5. The minimum Gasteiger partial charge on any atom is -0.339 e. The van der Waals surface area contributed by atoms with E-state index in [9.17, 15) is 31.2 Å². The zero-order chi connectivity index (χ0) is 31.8. The molecule has 7 nitrogen and oxygen atoms in total. The Morgan fingerprint density at radius 2 is 1.50 bits per heavy atom. The first kappa shape index (κ1) is 33.0. The molecule has 3 aliphatic rings. The number of carbonyl (C=O) groups excluding carboxylic acids is 2. The molecule has 2 aromatic carbocycles. The predicted molar refractivity (Wildman–Crippen MR) is 162 cm³/mol. The van der Waals surface area contributed by atoms with Crippen molar-refractivity contribution in [2.45, 2.75) is 69.7 Å². The average molecular weight is 676 g/mol. The topological polar surface area (TPSA) is 84.0 Å². The number of rotatable bonds is 7. The van der Waals surface area contributed by atoms with Crippen LogP contribution in [0.25, 0.3) is 11.1 Å². The highest BCUT2D eigenvalue weighted by molar-refractivity contribution is 7.86. The van der Waals surface area contributed by atoms with Crippen LogP contribution in [0.2, 0.25) is 10.0 Å². The summed E-state index contributed by atoms with van der Waals surface area (Å²) in [5.74, 6) is -1.87. The molecule has 1 saturated carbocycles. The number of amides is 2. The standard InChI is InChI=1S/C31H35Cl2F3N2O5S/c1-44(41,42)43-25-8-6-24(7-9-25)38-15-10-21(30(38)40)16-26-27(32)17-22(18-28(26)33)19-2-4-20(5-3-19)29(39)37-13-11-23(12-14-37)31(34,35)36/h2-5,17-18,21,23-25H,6-16H2,1H3. The molecule has 2 aliphatic heterocycles. The molecule has 1 aliphatic carbocycles. The van der Waals surface area contributed by atoms with E-state index in [4.69, 9.17) is 27.4 Å². The fraction of sp³-hybridized carbons (Fsp3) is 0.548. The van der Waals surface area contributed by atoms with E-state index < -0.39 is 22.2 Å². The summed E-state index contributed by atoms with van der Waals surface area (Å²) in [4.78, 5) is 29.6. The largest absolute Gasteiger partial charge is 0.391 e. The summed E-state index contributed by atoms with van der Waals surface area (Å²) in [6.45, 7) is 0.769. The zero-order valence-electron chi connectivity index (χ0n) is 24.3. The normalized spacial score (nSPS) is 23.8. The molecule has 0 radical (unpaired) electrons. The smallest absolute Gasteiger partial charge is 0.339 e. The third-order valence-electron chi connectivity index (χ3n) is 9.05. The van der Waals surface area contributed by atoms with Crippen LogP contribution in [0.15, 0.2) is 36.4 Å². The van der Waals surface area contributed by atoms with Crippen molar-refractivity contribution < 1.29 is 35.4 Å². The van der Waals surface area contributed by atoms with E-state index in [0.29, 0.717) is 66.2 Å². The van der Waals surface area contributed by atoms with Crippen LogP contribution < -0.4 is 0 Å². The van der Waals surface area contributed by atoms with E-state index in [-0.39, 0.29) is 55.8 Å². The third kappa shape index (κ3) is 7.71. The molecule has 3 fully saturated rings. The molecule has 2 heterocycles. The van der Waals surface area contributed by atoms with Crippen molar-refractivity contribution in [3.63, 3.8) is 0 Å². The Labute approximate surface area is 265 Å². The molecular weight excluding hydrogens is 640 g/mol. The van der Waals surface area contributed by atoms with Gasteiger partial charge < -0.3 is 9.80 Å². The molecule has 1 atom stereocenters. The van der Waals surface area contributed by atoms with Crippen LogP contribution >= 0.6 is 23.2 Å². The fourth-order valence-corrected chi connectivity index (χ4v) is 7.95. The van der Waals surface area contributed by atoms with E-state index >= 15 is 0 Å². The number of hydrogen-bond donors (Lipinski definition) is 0. The van der Waals surface area contributed by atoms with Gasteiger partial charge in [0, 0.05) is 47.2 Å². The first-order valence-corrected chi connectivity index (χ1v) is 17.4. The molecule has 44 heavy (non-hydrogen) atoms. The van der Waals surface area contributed by atoms with Gasteiger partial charge in [0.2, 0.25) is 5.91 Å². The number of piperidine rings is 1. The minimum atomic E-state index is -4.23. The second-order valence-corrected chi connectivity index (χ2v) is 14.5. The Bertz CT molecular complexity index is 1460. The van der Waals surface area contributed by atoms with Crippen molar-refractivity contribution in [1.82, 2.24) is 9.80 Å². The Kier molecular flexibility index (Phi) is 9.90. The molecular formula is C31H35Cl2F3N2O5S. The van der Waals surface area contributed by atoms with Crippen LogP contribution in [0.4, 0.5) is 13.2 Å². The lowest BCUT2D eigenvalue weighted by Crippen LogP contribution is -2.42.